The van der Waals surface area contributed by atoms with Crippen molar-refractivity contribution in [2.45, 2.75) is 0 Å². The molecule has 86 valence electrons. The van der Waals surface area contributed by atoms with Gasteiger partial charge < -0.3 is 15.5 Å². The number of benzene rings is 1. The SMILES string of the molecule is CN1CCN(c2cccc(C(N)=O)c2)CC1. The molecule has 0 spiro atoms. The predicted octanol–water partition coefficient (Wildman–Crippen LogP) is 0.537. The van der Waals surface area contributed by atoms with Gasteiger partial charge in [-0.05, 0) is 25.2 Å². The van der Waals surface area contributed by atoms with Crippen molar-refractivity contribution >= 4 is 11.6 Å². The molecule has 0 unspecified atom stereocenters. The highest BCUT2D eigenvalue weighted by Crippen LogP contribution is 2.17. The molecule has 1 saturated heterocycles. The number of primary amides is 1. The number of hydrogen-bond acceptors (Lipinski definition) is 3. The lowest BCUT2D eigenvalue weighted by molar-refractivity contribution is 0.100. The Bertz CT molecular complexity index is 384. The van der Waals surface area contributed by atoms with Crippen LogP contribution < -0.4 is 10.6 Å². The van der Waals surface area contributed by atoms with E-state index in [4.69, 9.17) is 5.73 Å². The maximum atomic E-state index is 11.1. The first-order valence-electron chi connectivity index (χ1n) is 5.50. The Morgan fingerprint density at radius 1 is 1.25 bits per heavy atom. The summed E-state index contributed by atoms with van der Waals surface area (Å²) >= 11 is 0. The zero-order valence-corrected chi connectivity index (χ0v) is 9.52. The lowest BCUT2D eigenvalue weighted by atomic mass is 10.1. The highest BCUT2D eigenvalue weighted by Gasteiger charge is 2.14. The fourth-order valence-corrected chi connectivity index (χ4v) is 1.92. The van der Waals surface area contributed by atoms with Gasteiger partial charge in [-0.25, -0.2) is 0 Å². The van der Waals surface area contributed by atoms with Crippen LogP contribution in [0, 0.1) is 0 Å². The van der Waals surface area contributed by atoms with Crippen molar-refractivity contribution in [1.82, 2.24) is 4.90 Å². The topological polar surface area (TPSA) is 49.6 Å². The Kier molecular flexibility index (Phi) is 3.10. The number of likely N-dealkylation sites (N-methyl/N-ethyl adjacent to an activating group) is 1. The first-order valence-corrected chi connectivity index (χ1v) is 5.50. The van der Waals surface area contributed by atoms with Crippen LogP contribution in [0.5, 0.6) is 0 Å². The smallest absolute Gasteiger partial charge is 0.248 e. The van der Waals surface area contributed by atoms with Gasteiger partial charge in [-0.3, -0.25) is 4.79 Å². The molecule has 0 aromatic heterocycles. The predicted molar refractivity (Wildman–Crippen MR) is 64.7 cm³/mol. The van der Waals surface area contributed by atoms with Gasteiger partial charge in [-0.2, -0.15) is 0 Å². The quantitative estimate of drug-likeness (QED) is 0.789. The maximum absolute atomic E-state index is 11.1. The molecule has 16 heavy (non-hydrogen) atoms. The van der Waals surface area contributed by atoms with E-state index in [1.807, 2.05) is 18.2 Å². The summed E-state index contributed by atoms with van der Waals surface area (Å²) in [6.07, 6.45) is 0. The van der Waals surface area contributed by atoms with E-state index in [1.54, 1.807) is 6.07 Å². The van der Waals surface area contributed by atoms with Crippen LogP contribution in [0.3, 0.4) is 0 Å². The van der Waals surface area contributed by atoms with Crippen LogP contribution in [-0.4, -0.2) is 44.0 Å². The molecule has 1 heterocycles. The molecule has 0 radical (unpaired) electrons. The third-order valence-electron chi connectivity index (χ3n) is 3.00. The molecule has 1 aliphatic rings. The Balaban J connectivity index is 2.14. The number of carbonyl (C=O) groups excluding carboxylic acids is 1. The number of hydrogen-bond donors (Lipinski definition) is 1. The van der Waals surface area contributed by atoms with E-state index in [0.717, 1.165) is 31.9 Å². The molecular formula is C12H17N3O. The van der Waals surface area contributed by atoms with Crippen molar-refractivity contribution in [3.63, 3.8) is 0 Å². The van der Waals surface area contributed by atoms with E-state index in [-0.39, 0.29) is 5.91 Å². The molecule has 0 atom stereocenters. The second kappa shape index (κ2) is 4.53. The molecule has 1 aromatic carbocycles. The molecule has 1 amide bonds. The molecular weight excluding hydrogens is 202 g/mol. The number of nitrogens with zero attached hydrogens (tertiary/aromatic N) is 2. The van der Waals surface area contributed by atoms with E-state index < -0.39 is 0 Å². The Morgan fingerprint density at radius 3 is 2.56 bits per heavy atom. The molecule has 0 saturated carbocycles. The van der Waals surface area contributed by atoms with E-state index in [1.165, 1.54) is 0 Å². The second-order valence-corrected chi connectivity index (χ2v) is 4.20. The molecule has 0 aliphatic carbocycles. The monoisotopic (exact) mass is 219 g/mol. The number of piperazine rings is 1. The number of anilines is 1. The van der Waals surface area contributed by atoms with Crippen LogP contribution in [0.25, 0.3) is 0 Å². The summed E-state index contributed by atoms with van der Waals surface area (Å²) in [6.45, 7) is 4.11. The average Bonchev–Trinajstić information content (AvgIpc) is 2.30. The molecule has 2 N–H and O–H groups in total. The van der Waals surface area contributed by atoms with Crippen molar-refractivity contribution in [3.8, 4) is 0 Å². The summed E-state index contributed by atoms with van der Waals surface area (Å²) in [5, 5.41) is 0. The summed E-state index contributed by atoms with van der Waals surface area (Å²) < 4.78 is 0. The molecule has 1 fully saturated rings. The van der Waals surface area contributed by atoms with E-state index in [9.17, 15) is 4.79 Å². The van der Waals surface area contributed by atoms with E-state index >= 15 is 0 Å². The van der Waals surface area contributed by atoms with Gasteiger partial charge in [0, 0.05) is 37.4 Å². The molecule has 1 aliphatic heterocycles. The van der Waals surface area contributed by atoms with Gasteiger partial charge in [0.2, 0.25) is 5.91 Å². The minimum Gasteiger partial charge on any atom is -0.369 e. The third-order valence-corrected chi connectivity index (χ3v) is 3.00. The molecule has 4 nitrogen and oxygen atoms in total. The minimum atomic E-state index is -0.365. The van der Waals surface area contributed by atoms with Gasteiger partial charge in [0.05, 0.1) is 0 Å². The summed E-state index contributed by atoms with van der Waals surface area (Å²) in [5.74, 6) is -0.365. The molecule has 1 aromatic rings. The van der Waals surface area contributed by atoms with Gasteiger partial charge in [0.25, 0.3) is 0 Å². The molecule has 4 heteroatoms. The zero-order chi connectivity index (χ0) is 11.5. The van der Waals surface area contributed by atoms with Crippen molar-refractivity contribution < 1.29 is 4.79 Å². The van der Waals surface area contributed by atoms with Crippen LogP contribution in [-0.2, 0) is 0 Å². The summed E-state index contributed by atoms with van der Waals surface area (Å²) in [7, 11) is 2.12. The fourth-order valence-electron chi connectivity index (χ4n) is 1.92. The first kappa shape index (κ1) is 11.0. The van der Waals surface area contributed by atoms with Crippen molar-refractivity contribution in [3.05, 3.63) is 29.8 Å². The number of amides is 1. The second-order valence-electron chi connectivity index (χ2n) is 4.20. The Morgan fingerprint density at radius 2 is 1.94 bits per heavy atom. The van der Waals surface area contributed by atoms with Crippen LogP contribution in [0.4, 0.5) is 5.69 Å². The van der Waals surface area contributed by atoms with Gasteiger partial charge >= 0.3 is 0 Å². The first-order chi connectivity index (χ1) is 7.66. The highest BCUT2D eigenvalue weighted by molar-refractivity contribution is 5.93. The van der Waals surface area contributed by atoms with E-state index in [0.29, 0.717) is 5.56 Å². The fraction of sp³-hybridized carbons (Fsp3) is 0.417. The number of rotatable bonds is 2. The van der Waals surface area contributed by atoms with Crippen LogP contribution in [0.15, 0.2) is 24.3 Å². The summed E-state index contributed by atoms with van der Waals surface area (Å²) in [4.78, 5) is 15.7. The lowest BCUT2D eigenvalue weighted by Gasteiger charge is -2.34. The summed E-state index contributed by atoms with van der Waals surface area (Å²) in [5.41, 5.74) is 6.94. The molecule has 0 bridgehead atoms. The van der Waals surface area contributed by atoms with Crippen molar-refractivity contribution in [2.24, 2.45) is 5.73 Å². The highest BCUT2D eigenvalue weighted by atomic mass is 16.1. The summed E-state index contributed by atoms with van der Waals surface area (Å²) in [6, 6.07) is 7.53. The average molecular weight is 219 g/mol. The minimum absolute atomic E-state index is 0.365. The number of carbonyl (C=O) groups is 1. The van der Waals surface area contributed by atoms with Crippen molar-refractivity contribution in [1.29, 1.82) is 0 Å². The van der Waals surface area contributed by atoms with Crippen molar-refractivity contribution in [2.75, 3.05) is 38.1 Å². The Hall–Kier alpha value is -1.55. The van der Waals surface area contributed by atoms with Crippen LogP contribution in [0.1, 0.15) is 10.4 Å². The normalized spacial score (nSPS) is 17.4. The van der Waals surface area contributed by atoms with Gasteiger partial charge in [0.15, 0.2) is 0 Å². The van der Waals surface area contributed by atoms with E-state index in [2.05, 4.69) is 16.8 Å². The van der Waals surface area contributed by atoms with Gasteiger partial charge in [-0.15, -0.1) is 0 Å². The largest absolute Gasteiger partial charge is 0.369 e. The standard InChI is InChI=1S/C12H17N3O/c1-14-5-7-15(8-6-14)11-4-2-3-10(9-11)12(13)16/h2-4,9H,5-8H2,1H3,(H2,13,16). The van der Waals surface area contributed by atoms with Crippen LogP contribution >= 0.6 is 0 Å². The zero-order valence-electron chi connectivity index (χ0n) is 9.52. The number of nitrogens with two attached hydrogens (primary N) is 1. The lowest BCUT2D eigenvalue weighted by Crippen LogP contribution is -2.44. The van der Waals surface area contributed by atoms with Gasteiger partial charge in [0.1, 0.15) is 0 Å². The van der Waals surface area contributed by atoms with Gasteiger partial charge in [-0.1, -0.05) is 6.07 Å². The Labute approximate surface area is 95.6 Å². The molecule has 2 rings (SSSR count). The van der Waals surface area contributed by atoms with Crippen LogP contribution in [0.2, 0.25) is 0 Å². The maximum Gasteiger partial charge on any atom is 0.248 e. The third kappa shape index (κ3) is 2.33.